The Morgan fingerprint density at radius 1 is 1.25 bits per heavy atom. The number of aliphatic hydroxyl groups is 3. The van der Waals surface area contributed by atoms with Crippen LogP contribution < -0.4 is 0 Å². The Morgan fingerprint density at radius 3 is 1.88 bits per heavy atom. The summed E-state index contributed by atoms with van der Waals surface area (Å²) in [6.45, 7) is 5.08. The molecule has 1 atom stereocenters. The van der Waals surface area contributed by atoms with Gasteiger partial charge in [-0.15, -0.1) is 0 Å². The normalized spacial score (nSPS) is 12.4. The minimum absolute atomic E-state index is 0.677. The summed E-state index contributed by atoms with van der Waals surface area (Å²) in [5.41, 5.74) is 0. The summed E-state index contributed by atoms with van der Waals surface area (Å²) in [4.78, 5) is 21.6. The first kappa shape index (κ1) is 14.3. The molecule has 0 heterocycles. The van der Waals surface area contributed by atoms with E-state index in [0.717, 1.165) is 0 Å². The zero-order valence-electron chi connectivity index (χ0n) is 8.33. The van der Waals surface area contributed by atoms with E-state index in [9.17, 15) is 14.7 Å². The van der Waals surface area contributed by atoms with Crippen LogP contribution in [0.3, 0.4) is 0 Å². The van der Waals surface area contributed by atoms with Crippen molar-refractivity contribution in [2.75, 3.05) is 6.61 Å². The third-order valence-corrected chi connectivity index (χ3v) is 1.42. The second-order valence-corrected chi connectivity index (χ2v) is 2.58. The van der Waals surface area contributed by atoms with Gasteiger partial charge in [0.05, 0.1) is 6.61 Å². The number of ether oxygens (including phenoxy) is 2. The first-order chi connectivity index (χ1) is 7.39. The van der Waals surface area contributed by atoms with Crippen molar-refractivity contribution < 1.29 is 34.4 Å². The Morgan fingerprint density at radius 2 is 1.62 bits per heavy atom. The molecule has 1 unspecified atom stereocenters. The maximum Gasteiger partial charge on any atom is 0.403 e. The molecule has 0 aromatic heterocycles. The van der Waals surface area contributed by atoms with Gasteiger partial charge in [0.15, 0.2) is 6.10 Å². The first-order valence-electron chi connectivity index (χ1n) is 4.11. The van der Waals surface area contributed by atoms with Gasteiger partial charge in [0.1, 0.15) is 0 Å². The van der Waals surface area contributed by atoms with Crippen LogP contribution in [0.15, 0.2) is 25.3 Å². The molecule has 0 radical (unpaired) electrons. The molecular formula is C9H12O7. The quantitative estimate of drug-likeness (QED) is 0.288. The molecule has 0 fully saturated rings. The maximum atomic E-state index is 10.8. The highest BCUT2D eigenvalue weighted by Crippen LogP contribution is 2.16. The molecule has 90 valence electrons. The number of hydrogen-bond acceptors (Lipinski definition) is 7. The van der Waals surface area contributed by atoms with E-state index in [1.807, 2.05) is 0 Å². The van der Waals surface area contributed by atoms with Gasteiger partial charge in [-0.25, -0.2) is 9.59 Å². The summed E-state index contributed by atoms with van der Waals surface area (Å²) >= 11 is 0. The van der Waals surface area contributed by atoms with Crippen molar-refractivity contribution in [1.82, 2.24) is 0 Å². The molecule has 0 aromatic carbocycles. The van der Waals surface area contributed by atoms with Crippen LogP contribution in [0.25, 0.3) is 0 Å². The molecule has 0 saturated carbocycles. The largest absolute Gasteiger partial charge is 0.403 e. The van der Waals surface area contributed by atoms with Gasteiger partial charge in [-0.1, -0.05) is 13.2 Å². The first-order valence-corrected chi connectivity index (χ1v) is 4.11. The van der Waals surface area contributed by atoms with Crippen LogP contribution in [-0.2, 0) is 19.1 Å². The van der Waals surface area contributed by atoms with Gasteiger partial charge in [0.25, 0.3) is 0 Å². The Kier molecular flexibility index (Phi) is 5.37. The number of esters is 2. The lowest BCUT2D eigenvalue weighted by molar-refractivity contribution is -0.360. The van der Waals surface area contributed by atoms with E-state index >= 15 is 0 Å². The number of carbonyl (C=O) groups is 2. The molecular weight excluding hydrogens is 220 g/mol. The molecule has 0 aliphatic heterocycles. The molecule has 0 aromatic rings. The molecule has 7 heteroatoms. The molecule has 0 aliphatic carbocycles. The average Bonchev–Trinajstić information content (AvgIpc) is 2.27. The van der Waals surface area contributed by atoms with Crippen LogP contribution in [0.2, 0.25) is 0 Å². The fraction of sp³-hybridized carbons (Fsp3) is 0.333. The van der Waals surface area contributed by atoms with E-state index in [2.05, 4.69) is 22.6 Å². The topological polar surface area (TPSA) is 113 Å². The third kappa shape index (κ3) is 3.81. The van der Waals surface area contributed by atoms with Gasteiger partial charge in [0.2, 0.25) is 0 Å². The zero-order valence-corrected chi connectivity index (χ0v) is 8.33. The summed E-state index contributed by atoms with van der Waals surface area (Å²) in [7, 11) is 0. The summed E-state index contributed by atoms with van der Waals surface area (Å²) in [6, 6.07) is 0. The smallest absolute Gasteiger partial charge is 0.393 e. The van der Waals surface area contributed by atoms with E-state index in [0.29, 0.717) is 12.2 Å². The fourth-order valence-electron chi connectivity index (χ4n) is 0.644. The van der Waals surface area contributed by atoms with Crippen LogP contribution in [0.4, 0.5) is 0 Å². The monoisotopic (exact) mass is 232 g/mol. The molecule has 7 nitrogen and oxygen atoms in total. The highest BCUT2D eigenvalue weighted by atomic mass is 16.8. The molecule has 16 heavy (non-hydrogen) atoms. The van der Waals surface area contributed by atoms with E-state index in [4.69, 9.17) is 10.2 Å². The lowest BCUT2D eigenvalue weighted by atomic mass is 10.3. The van der Waals surface area contributed by atoms with Crippen LogP contribution in [-0.4, -0.2) is 45.9 Å². The van der Waals surface area contributed by atoms with Crippen LogP contribution in [0, 0.1) is 0 Å². The highest BCUT2D eigenvalue weighted by molar-refractivity contribution is 5.83. The van der Waals surface area contributed by atoms with Crippen molar-refractivity contribution in [1.29, 1.82) is 0 Å². The number of rotatable bonds is 6. The molecule has 0 bridgehead atoms. The van der Waals surface area contributed by atoms with E-state index in [1.54, 1.807) is 0 Å². The molecule has 0 saturated heterocycles. The predicted octanol–water partition coefficient (Wildman–Crippen LogP) is -1.56. The van der Waals surface area contributed by atoms with Gasteiger partial charge in [-0.2, -0.15) is 0 Å². The molecule has 0 amide bonds. The number of carbonyl (C=O) groups excluding carboxylic acids is 2. The second kappa shape index (κ2) is 6.01. The third-order valence-electron chi connectivity index (χ3n) is 1.42. The van der Waals surface area contributed by atoms with Gasteiger partial charge in [-0.3, -0.25) is 0 Å². The Hall–Kier alpha value is -1.70. The van der Waals surface area contributed by atoms with Gasteiger partial charge < -0.3 is 24.8 Å². The summed E-state index contributed by atoms with van der Waals surface area (Å²) in [5.74, 6) is -5.27. The van der Waals surface area contributed by atoms with Gasteiger partial charge >= 0.3 is 17.9 Å². The summed E-state index contributed by atoms with van der Waals surface area (Å²) in [5, 5.41) is 27.2. The lowest BCUT2D eigenvalue weighted by Crippen LogP contribution is -2.51. The average molecular weight is 232 g/mol. The van der Waals surface area contributed by atoms with Crippen LogP contribution >= 0.6 is 0 Å². The number of hydrogen-bond donors (Lipinski definition) is 3. The molecule has 0 rings (SSSR count). The van der Waals surface area contributed by atoms with Crippen LogP contribution in [0.5, 0.6) is 0 Å². The van der Waals surface area contributed by atoms with E-state index < -0.39 is 30.6 Å². The van der Waals surface area contributed by atoms with E-state index in [-0.39, 0.29) is 0 Å². The van der Waals surface area contributed by atoms with Gasteiger partial charge in [-0.05, 0) is 0 Å². The Labute approximate surface area is 91.2 Å². The molecule has 3 N–H and O–H groups in total. The minimum Gasteiger partial charge on any atom is -0.393 e. The highest BCUT2D eigenvalue weighted by Gasteiger charge is 2.43. The standard InChI is InChI=1S/C9H12O7/c1-3-7(12)15-9(14,6(11)5-10)16-8(13)4-2/h3-4,6,10-11,14H,1-2,5H2. The predicted molar refractivity (Wildman–Crippen MR) is 50.6 cm³/mol. The summed E-state index contributed by atoms with van der Waals surface area (Å²) in [6.07, 6.45) is -0.659. The molecule has 0 spiro atoms. The zero-order chi connectivity index (χ0) is 12.8. The lowest BCUT2D eigenvalue weighted by Gasteiger charge is -2.28. The second-order valence-electron chi connectivity index (χ2n) is 2.58. The Bertz CT molecular complexity index is 274. The minimum atomic E-state index is -2.98. The van der Waals surface area contributed by atoms with Crippen molar-refractivity contribution in [3.05, 3.63) is 25.3 Å². The van der Waals surface area contributed by atoms with Crippen LogP contribution in [0.1, 0.15) is 0 Å². The van der Waals surface area contributed by atoms with Crippen molar-refractivity contribution >= 4 is 11.9 Å². The van der Waals surface area contributed by atoms with Gasteiger partial charge in [0, 0.05) is 12.2 Å². The summed E-state index contributed by atoms with van der Waals surface area (Å²) < 4.78 is 8.42. The van der Waals surface area contributed by atoms with Crippen molar-refractivity contribution in [2.45, 2.75) is 12.1 Å². The fourth-order valence-corrected chi connectivity index (χ4v) is 0.644. The van der Waals surface area contributed by atoms with Crippen molar-refractivity contribution in [3.8, 4) is 0 Å². The van der Waals surface area contributed by atoms with Crippen molar-refractivity contribution in [2.24, 2.45) is 0 Å². The van der Waals surface area contributed by atoms with E-state index in [1.165, 1.54) is 0 Å². The maximum absolute atomic E-state index is 10.8. The molecule has 0 aliphatic rings. The number of aliphatic hydroxyl groups excluding tert-OH is 2. The van der Waals surface area contributed by atoms with Crippen molar-refractivity contribution in [3.63, 3.8) is 0 Å². The Balaban J connectivity index is 4.86. The SMILES string of the molecule is C=CC(=O)OC(O)(OC(=O)C=C)C(O)CO.